The number of hydrogen-bond acceptors (Lipinski definition) is 5. The number of pyridine rings is 1. The van der Waals surface area contributed by atoms with Crippen molar-refractivity contribution in [3.05, 3.63) is 54.2 Å². The standard InChI is InChI=1S/C29H38N4O2/c34-28(19-30-21-29-15-23-12-24(16-29)14-25(13-23)17-29)33-10-8-32(9-11-33)27-7-6-26(18-31-27)35-20-22-4-2-1-3-5-22/h1-7,18,23-25,30H,8-17,19-21H2. The number of nitrogens with zero attached hydrogens (tertiary/aromatic N) is 3. The number of piperazine rings is 1. The van der Waals surface area contributed by atoms with E-state index in [-0.39, 0.29) is 5.91 Å². The third-order valence-electron chi connectivity index (χ3n) is 8.87. The maximum Gasteiger partial charge on any atom is 0.236 e. The van der Waals surface area contributed by atoms with Gasteiger partial charge in [0.05, 0.1) is 12.7 Å². The van der Waals surface area contributed by atoms with Gasteiger partial charge in [-0.3, -0.25) is 4.79 Å². The molecule has 5 fully saturated rings. The molecule has 1 aromatic carbocycles. The van der Waals surface area contributed by atoms with Gasteiger partial charge in [0, 0.05) is 32.7 Å². The predicted molar refractivity (Wildman–Crippen MR) is 137 cm³/mol. The van der Waals surface area contributed by atoms with E-state index < -0.39 is 0 Å². The van der Waals surface area contributed by atoms with Crippen LogP contribution in [-0.4, -0.2) is 55.1 Å². The van der Waals surface area contributed by atoms with Crippen LogP contribution in [0.3, 0.4) is 0 Å². The first-order valence-electron chi connectivity index (χ1n) is 13.5. The van der Waals surface area contributed by atoms with Crippen LogP contribution in [0, 0.1) is 23.2 Å². The van der Waals surface area contributed by atoms with E-state index >= 15 is 0 Å². The Balaban J connectivity index is 0.934. The molecule has 1 amide bonds. The summed E-state index contributed by atoms with van der Waals surface area (Å²) < 4.78 is 5.86. The minimum absolute atomic E-state index is 0.243. The Bertz CT molecular complexity index is 966. The van der Waals surface area contributed by atoms with Gasteiger partial charge in [0.2, 0.25) is 5.91 Å². The molecule has 2 aromatic rings. The summed E-state index contributed by atoms with van der Waals surface area (Å²) in [6.45, 7) is 5.20. The number of amides is 1. The van der Waals surface area contributed by atoms with Crippen LogP contribution in [0.25, 0.3) is 0 Å². The second-order valence-corrected chi connectivity index (χ2v) is 11.5. The Morgan fingerprint density at radius 2 is 1.63 bits per heavy atom. The van der Waals surface area contributed by atoms with Crippen molar-refractivity contribution in [3.63, 3.8) is 0 Å². The van der Waals surface area contributed by atoms with Crippen LogP contribution in [0.2, 0.25) is 0 Å². The molecule has 0 atom stereocenters. The van der Waals surface area contributed by atoms with Crippen LogP contribution in [0.5, 0.6) is 5.75 Å². The maximum atomic E-state index is 12.9. The van der Waals surface area contributed by atoms with Crippen LogP contribution in [-0.2, 0) is 11.4 Å². The van der Waals surface area contributed by atoms with E-state index in [1.807, 2.05) is 35.2 Å². The molecule has 4 bridgehead atoms. The average Bonchev–Trinajstić information content (AvgIpc) is 2.87. The quantitative estimate of drug-likeness (QED) is 0.624. The number of carbonyl (C=O) groups excluding carboxylic acids is 1. The Hall–Kier alpha value is -2.60. The smallest absolute Gasteiger partial charge is 0.236 e. The van der Waals surface area contributed by atoms with Crippen molar-refractivity contribution in [2.24, 2.45) is 23.2 Å². The summed E-state index contributed by atoms with van der Waals surface area (Å²) in [5.41, 5.74) is 1.63. The largest absolute Gasteiger partial charge is 0.487 e. The van der Waals surface area contributed by atoms with E-state index in [4.69, 9.17) is 4.74 Å². The van der Waals surface area contributed by atoms with Gasteiger partial charge in [0.1, 0.15) is 18.2 Å². The first-order chi connectivity index (χ1) is 17.1. The minimum atomic E-state index is 0.243. The van der Waals surface area contributed by atoms with E-state index in [9.17, 15) is 4.79 Å². The summed E-state index contributed by atoms with van der Waals surface area (Å²) >= 11 is 0. The first kappa shape index (κ1) is 22.8. The van der Waals surface area contributed by atoms with Crippen molar-refractivity contribution in [3.8, 4) is 5.75 Å². The molecular formula is C29H38N4O2. The number of ether oxygens (including phenoxy) is 1. The number of rotatable bonds is 8. The molecule has 4 aliphatic carbocycles. The van der Waals surface area contributed by atoms with Crippen molar-refractivity contribution >= 4 is 11.7 Å². The fourth-order valence-corrected chi connectivity index (χ4v) is 7.62. The van der Waals surface area contributed by atoms with Crippen LogP contribution in [0.1, 0.15) is 44.1 Å². The molecule has 1 N–H and O–H groups in total. The van der Waals surface area contributed by atoms with E-state index in [0.717, 1.165) is 67.6 Å². The lowest BCUT2D eigenvalue weighted by Crippen LogP contribution is -2.53. The topological polar surface area (TPSA) is 57.7 Å². The highest BCUT2D eigenvalue weighted by Gasteiger charge is 2.50. The molecule has 4 saturated carbocycles. The molecule has 0 unspecified atom stereocenters. The van der Waals surface area contributed by atoms with Gasteiger partial charge in [-0.05, 0) is 79.4 Å². The molecule has 2 heterocycles. The van der Waals surface area contributed by atoms with E-state index in [1.165, 1.54) is 38.5 Å². The summed E-state index contributed by atoms with van der Waals surface area (Å²) in [5, 5.41) is 3.58. The Labute approximate surface area is 209 Å². The first-order valence-corrected chi connectivity index (χ1v) is 13.5. The van der Waals surface area contributed by atoms with Gasteiger partial charge in [-0.15, -0.1) is 0 Å². The third kappa shape index (κ3) is 5.18. The van der Waals surface area contributed by atoms with Gasteiger partial charge in [0.15, 0.2) is 0 Å². The number of carbonyl (C=O) groups is 1. The molecule has 186 valence electrons. The number of benzene rings is 1. The highest BCUT2D eigenvalue weighted by atomic mass is 16.5. The molecule has 35 heavy (non-hydrogen) atoms. The number of aromatic nitrogens is 1. The zero-order valence-electron chi connectivity index (χ0n) is 20.7. The lowest BCUT2D eigenvalue weighted by atomic mass is 9.49. The molecule has 6 nitrogen and oxygen atoms in total. The maximum absolute atomic E-state index is 12.9. The highest BCUT2D eigenvalue weighted by molar-refractivity contribution is 5.78. The Morgan fingerprint density at radius 3 is 2.26 bits per heavy atom. The normalized spacial score (nSPS) is 29.4. The molecule has 0 spiro atoms. The number of hydrogen-bond donors (Lipinski definition) is 1. The van der Waals surface area contributed by atoms with Crippen molar-refractivity contribution in [1.29, 1.82) is 0 Å². The van der Waals surface area contributed by atoms with Gasteiger partial charge in [-0.2, -0.15) is 0 Å². The summed E-state index contributed by atoms with van der Waals surface area (Å²) in [6, 6.07) is 14.2. The van der Waals surface area contributed by atoms with Gasteiger partial charge in [0.25, 0.3) is 0 Å². The van der Waals surface area contributed by atoms with Crippen LogP contribution in [0.4, 0.5) is 5.82 Å². The minimum Gasteiger partial charge on any atom is -0.487 e. The van der Waals surface area contributed by atoms with Gasteiger partial charge < -0.3 is 19.9 Å². The van der Waals surface area contributed by atoms with E-state index in [1.54, 1.807) is 6.20 Å². The Kier molecular flexibility index (Phi) is 6.40. The van der Waals surface area contributed by atoms with Crippen molar-refractivity contribution in [2.45, 2.75) is 45.1 Å². The molecule has 0 radical (unpaired) electrons. The van der Waals surface area contributed by atoms with Crippen molar-refractivity contribution < 1.29 is 9.53 Å². The van der Waals surface area contributed by atoms with E-state index in [0.29, 0.717) is 18.6 Å². The zero-order valence-corrected chi connectivity index (χ0v) is 20.7. The monoisotopic (exact) mass is 474 g/mol. The van der Waals surface area contributed by atoms with Gasteiger partial charge >= 0.3 is 0 Å². The summed E-state index contributed by atoms with van der Waals surface area (Å²) in [7, 11) is 0. The van der Waals surface area contributed by atoms with E-state index in [2.05, 4.69) is 27.3 Å². The second-order valence-electron chi connectivity index (χ2n) is 11.5. The number of anilines is 1. The van der Waals surface area contributed by atoms with Crippen LogP contribution >= 0.6 is 0 Å². The third-order valence-corrected chi connectivity index (χ3v) is 8.87. The summed E-state index contributed by atoms with van der Waals surface area (Å²) in [6.07, 6.45) is 10.4. The fourth-order valence-electron chi connectivity index (χ4n) is 7.62. The molecule has 1 aliphatic heterocycles. The summed E-state index contributed by atoms with van der Waals surface area (Å²) in [4.78, 5) is 21.8. The SMILES string of the molecule is O=C(CNCC12CC3CC(CC(C3)C1)C2)N1CCN(c2ccc(OCc3ccccc3)cn2)CC1. The molecule has 7 rings (SSSR count). The van der Waals surface area contributed by atoms with Crippen molar-refractivity contribution in [2.75, 3.05) is 44.2 Å². The highest BCUT2D eigenvalue weighted by Crippen LogP contribution is 2.59. The molecule has 6 heteroatoms. The van der Waals surface area contributed by atoms with Crippen LogP contribution in [0.15, 0.2) is 48.7 Å². The zero-order chi connectivity index (χ0) is 23.7. The molecule has 1 aromatic heterocycles. The lowest BCUT2D eigenvalue weighted by molar-refractivity contribution is -0.130. The summed E-state index contributed by atoms with van der Waals surface area (Å²) in [5.74, 6) is 4.85. The fraction of sp³-hybridized carbons (Fsp3) is 0.586. The number of nitrogens with one attached hydrogen (secondary N) is 1. The average molecular weight is 475 g/mol. The molecule has 5 aliphatic rings. The van der Waals surface area contributed by atoms with Gasteiger partial charge in [-0.1, -0.05) is 30.3 Å². The second kappa shape index (κ2) is 9.81. The van der Waals surface area contributed by atoms with Crippen molar-refractivity contribution in [1.82, 2.24) is 15.2 Å². The molecular weight excluding hydrogens is 436 g/mol. The Morgan fingerprint density at radius 1 is 0.943 bits per heavy atom. The lowest BCUT2D eigenvalue weighted by Gasteiger charge is -2.57. The van der Waals surface area contributed by atoms with Gasteiger partial charge in [-0.25, -0.2) is 4.98 Å². The molecule has 1 saturated heterocycles. The predicted octanol–water partition coefficient (Wildman–Crippen LogP) is 4.12. The van der Waals surface area contributed by atoms with Crippen LogP contribution < -0.4 is 15.0 Å².